The zero-order valence-corrected chi connectivity index (χ0v) is 11.5. The van der Waals surface area contributed by atoms with Crippen LogP contribution in [0.15, 0.2) is 36.5 Å². The van der Waals surface area contributed by atoms with Crippen LogP contribution in [0.3, 0.4) is 0 Å². The van der Waals surface area contributed by atoms with E-state index in [-0.39, 0.29) is 5.91 Å². The number of nitrogens with one attached hydrogen (secondary N) is 1. The Bertz CT molecular complexity index is 565. The minimum atomic E-state index is 0.0427. The molecular weight excluding hydrogens is 236 g/mol. The van der Waals surface area contributed by atoms with Crippen LogP contribution in [0.5, 0.6) is 0 Å². The molecule has 1 heterocycles. The molecule has 0 aliphatic rings. The Morgan fingerprint density at radius 1 is 1.37 bits per heavy atom. The van der Waals surface area contributed by atoms with Crippen molar-refractivity contribution in [3.63, 3.8) is 0 Å². The van der Waals surface area contributed by atoms with Gasteiger partial charge in [0.25, 0.3) is 0 Å². The van der Waals surface area contributed by atoms with Gasteiger partial charge in [0.1, 0.15) is 0 Å². The molecule has 3 nitrogen and oxygen atoms in total. The van der Waals surface area contributed by atoms with E-state index in [0.29, 0.717) is 5.92 Å². The lowest BCUT2D eigenvalue weighted by Gasteiger charge is -2.15. The third kappa shape index (κ3) is 3.78. The molecule has 1 aromatic heterocycles. The van der Waals surface area contributed by atoms with E-state index in [1.807, 2.05) is 12.3 Å². The lowest BCUT2D eigenvalue weighted by Crippen LogP contribution is -2.27. The summed E-state index contributed by atoms with van der Waals surface area (Å²) in [5.74, 6) is 0.527. The Labute approximate surface area is 114 Å². The van der Waals surface area contributed by atoms with Crippen molar-refractivity contribution >= 4 is 16.8 Å². The van der Waals surface area contributed by atoms with Crippen LogP contribution >= 0.6 is 0 Å². The smallest absolute Gasteiger partial charge is 0.216 e. The van der Waals surface area contributed by atoms with Gasteiger partial charge < -0.3 is 5.32 Å². The van der Waals surface area contributed by atoms with Crippen molar-refractivity contribution in [2.24, 2.45) is 5.92 Å². The lowest BCUT2D eigenvalue weighted by molar-refractivity contribution is -0.119. The highest BCUT2D eigenvalue weighted by Gasteiger charge is 2.08. The summed E-state index contributed by atoms with van der Waals surface area (Å²) >= 11 is 0. The molecule has 100 valence electrons. The molecule has 0 bridgehead atoms. The van der Waals surface area contributed by atoms with Crippen LogP contribution in [0, 0.1) is 5.92 Å². The van der Waals surface area contributed by atoms with Crippen molar-refractivity contribution in [1.29, 1.82) is 0 Å². The second kappa shape index (κ2) is 6.32. The summed E-state index contributed by atoms with van der Waals surface area (Å²) in [6, 6.07) is 10.4. The molecule has 0 aliphatic heterocycles. The second-order valence-corrected chi connectivity index (χ2v) is 4.95. The molecule has 1 amide bonds. The summed E-state index contributed by atoms with van der Waals surface area (Å²) in [6.45, 7) is 4.47. The number of amides is 1. The van der Waals surface area contributed by atoms with Gasteiger partial charge >= 0.3 is 0 Å². The Hall–Kier alpha value is -1.90. The molecule has 1 unspecified atom stereocenters. The lowest BCUT2D eigenvalue weighted by atomic mass is 9.96. The average molecular weight is 256 g/mol. The third-order valence-corrected chi connectivity index (χ3v) is 3.41. The number of pyridine rings is 1. The van der Waals surface area contributed by atoms with Gasteiger partial charge in [0.2, 0.25) is 5.91 Å². The van der Waals surface area contributed by atoms with Gasteiger partial charge in [-0.3, -0.25) is 9.78 Å². The predicted octanol–water partition coefficient (Wildman–Crippen LogP) is 2.94. The molecule has 0 saturated carbocycles. The first-order valence-corrected chi connectivity index (χ1v) is 6.77. The third-order valence-electron chi connectivity index (χ3n) is 3.41. The van der Waals surface area contributed by atoms with E-state index in [2.05, 4.69) is 41.5 Å². The highest BCUT2D eigenvalue weighted by molar-refractivity contribution is 5.78. The van der Waals surface area contributed by atoms with Gasteiger partial charge in [0.05, 0.1) is 5.52 Å². The monoisotopic (exact) mass is 256 g/mol. The molecule has 3 heteroatoms. The molecule has 0 saturated heterocycles. The first kappa shape index (κ1) is 13.5. The number of hydrogen-bond acceptors (Lipinski definition) is 2. The van der Waals surface area contributed by atoms with Crippen LogP contribution in [0.25, 0.3) is 10.9 Å². The molecule has 2 aromatic rings. The van der Waals surface area contributed by atoms with Gasteiger partial charge in [-0.1, -0.05) is 25.5 Å². The van der Waals surface area contributed by atoms with Gasteiger partial charge in [0, 0.05) is 25.1 Å². The van der Waals surface area contributed by atoms with Gasteiger partial charge in [0.15, 0.2) is 0 Å². The fourth-order valence-electron chi connectivity index (χ4n) is 2.23. The number of fused-ring (bicyclic) bond motifs is 1. The summed E-state index contributed by atoms with van der Waals surface area (Å²) in [4.78, 5) is 15.3. The first-order chi connectivity index (χ1) is 9.19. The summed E-state index contributed by atoms with van der Waals surface area (Å²) in [6.07, 6.45) is 3.86. The fourth-order valence-corrected chi connectivity index (χ4v) is 2.23. The van der Waals surface area contributed by atoms with Crippen LogP contribution < -0.4 is 5.32 Å². The Morgan fingerprint density at radius 3 is 2.95 bits per heavy atom. The van der Waals surface area contributed by atoms with Gasteiger partial charge in [-0.15, -0.1) is 0 Å². The van der Waals surface area contributed by atoms with Crippen molar-refractivity contribution < 1.29 is 4.79 Å². The zero-order valence-electron chi connectivity index (χ0n) is 11.5. The molecule has 0 aliphatic carbocycles. The second-order valence-electron chi connectivity index (χ2n) is 4.95. The number of hydrogen-bond donors (Lipinski definition) is 1. The highest BCUT2D eigenvalue weighted by atomic mass is 16.1. The van der Waals surface area contributed by atoms with E-state index < -0.39 is 0 Å². The summed E-state index contributed by atoms with van der Waals surface area (Å²) in [7, 11) is 0. The van der Waals surface area contributed by atoms with Crippen molar-refractivity contribution in [2.45, 2.75) is 26.7 Å². The number of rotatable bonds is 5. The summed E-state index contributed by atoms with van der Waals surface area (Å²) in [5, 5.41) is 4.08. The summed E-state index contributed by atoms with van der Waals surface area (Å²) < 4.78 is 0. The largest absolute Gasteiger partial charge is 0.356 e. The SMILES string of the molecule is CCC(CNC(C)=O)Cc1ccc2ncccc2c1. The van der Waals surface area contributed by atoms with Gasteiger partial charge in [-0.25, -0.2) is 0 Å². The van der Waals surface area contributed by atoms with Crippen molar-refractivity contribution in [3.8, 4) is 0 Å². The molecular formula is C16H20N2O. The van der Waals surface area contributed by atoms with E-state index in [1.165, 1.54) is 10.9 Å². The van der Waals surface area contributed by atoms with Crippen LogP contribution in [0.1, 0.15) is 25.8 Å². The van der Waals surface area contributed by atoms with Gasteiger partial charge in [-0.2, -0.15) is 0 Å². The zero-order chi connectivity index (χ0) is 13.7. The fraction of sp³-hybridized carbons (Fsp3) is 0.375. The van der Waals surface area contributed by atoms with Crippen molar-refractivity contribution in [1.82, 2.24) is 10.3 Å². The van der Waals surface area contributed by atoms with E-state index in [1.54, 1.807) is 6.92 Å². The maximum atomic E-state index is 11.0. The number of nitrogens with zero attached hydrogens (tertiary/aromatic N) is 1. The molecule has 1 atom stereocenters. The molecule has 2 rings (SSSR count). The number of aromatic nitrogens is 1. The number of carbonyl (C=O) groups excluding carboxylic acids is 1. The molecule has 19 heavy (non-hydrogen) atoms. The van der Waals surface area contributed by atoms with Gasteiger partial charge in [-0.05, 0) is 36.1 Å². The van der Waals surface area contributed by atoms with Crippen LogP contribution in [0.4, 0.5) is 0 Å². The Morgan fingerprint density at radius 2 is 2.21 bits per heavy atom. The average Bonchev–Trinajstić information content (AvgIpc) is 2.43. The minimum Gasteiger partial charge on any atom is -0.356 e. The van der Waals surface area contributed by atoms with E-state index in [0.717, 1.165) is 24.9 Å². The maximum absolute atomic E-state index is 11.0. The van der Waals surface area contributed by atoms with Crippen LogP contribution in [-0.4, -0.2) is 17.4 Å². The summed E-state index contributed by atoms with van der Waals surface area (Å²) in [5.41, 5.74) is 2.33. The van der Waals surface area contributed by atoms with Crippen molar-refractivity contribution in [2.75, 3.05) is 6.54 Å². The molecule has 1 N–H and O–H groups in total. The highest BCUT2D eigenvalue weighted by Crippen LogP contribution is 2.17. The van der Waals surface area contributed by atoms with Crippen LogP contribution in [0.2, 0.25) is 0 Å². The Balaban J connectivity index is 2.08. The topological polar surface area (TPSA) is 42.0 Å². The number of carbonyl (C=O) groups is 1. The molecule has 0 radical (unpaired) electrons. The molecule has 0 spiro atoms. The standard InChI is InChI=1S/C16H20N2O/c1-3-13(11-18-12(2)19)9-14-6-7-16-15(10-14)5-4-8-17-16/h4-8,10,13H,3,9,11H2,1-2H3,(H,18,19). The first-order valence-electron chi connectivity index (χ1n) is 6.77. The number of benzene rings is 1. The van der Waals surface area contributed by atoms with E-state index in [4.69, 9.17) is 0 Å². The molecule has 0 fully saturated rings. The molecule has 1 aromatic carbocycles. The predicted molar refractivity (Wildman–Crippen MR) is 77.9 cm³/mol. The van der Waals surface area contributed by atoms with E-state index >= 15 is 0 Å². The normalized spacial score (nSPS) is 12.3. The van der Waals surface area contributed by atoms with E-state index in [9.17, 15) is 4.79 Å². The van der Waals surface area contributed by atoms with Crippen molar-refractivity contribution in [3.05, 3.63) is 42.1 Å². The Kier molecular flexibility index (Phi) is 4.50. The minimum absolute atomic E-state index is 0.0427. The maximum Gasteiger partial charge on any atom is 0.216 e. The quantitative estimate of drug-likeness (QED) is 0.893. The van der Waals surface area contributed by atoms with Crippen LogP contribution in [-0.2, 0) is 11.2 Å².